The Hall–Kier alpha value is -2.57. The normalized spacial score (nSPS) is 10.6. The van der Waals surface area contributed by atoms with Crippen LogP contribution in [0, 0.1) is 11.6 Å². The van der Waals surface area contributed by atoms with E-state index >= 15 is 0 Å². The standard InChI is InChI=1S/C16H17F2N3O2/c1-3-9-21-15(22)8-7-14(19-21)16(23)20(4-2)11-5-6-12(17)13(18)10-11/h5-8,10H,3-4,9H2,1-2H3. The van der Waals surface area contributed by atoms with Crippen molar-refractivity contribution in [3.05, 3.63) is 58.0 Å². The first-order valence-electron chi connectivity index (χ1n) is 7.33. The summed E-state index contributed by atoms with van der Waals surface area (Å²) in [5.74, 6) is -2.49. The van der Waals surface area contributed by atoms with Crippen LogP contribution in [0.3, 0.4) is 0 Å². The molecule has 2 rings (SSSR count). The highest BCUT2D eigenvalue weighted by molar-refractivity contribution is 6.04. The molecule has 0 aliphatic carbocycles. The Labute approximate surface area is 132 Å². The van der Waals surface area contributed by atoms with Gasteiger partial charge in [-0.25, -0.2) is 13.5 Å². The van der Waals surface area contributed by atoms with E-state index in [1.165, 1.54) is 27.8 Å². The average Bonchev–Trinajstić information content (AvgIpc) is 2.53. The number of aromatic nitrogens is 2. The van der Waals surface area contributed by atoms with Gasteiger partial charge in [-0.15, -0.1) is 0 Å². The van der Waals surface area contributed by atoms with Gasteiger partial charge in [0, 0.05) is 30.9 Å². The molecule has 2 aromatic rings. The molecular weight excluding hydrogens is 304 g/mol. The van der Waals surface area contributed by atoms with Crippen LogP contribution in [0.2, 0.25) is 0 Å². The Morgan fingerprint density at radius 2 is 1.91 bits per heavy atom. The molecule has 0 aliphatic heterocycles. The van der Waals surface area contributed by atoms with Gasteiger partial charge in [-0.2, -0.15) is 5.10 Å². The van der Waals surface area contributed by atoms with Crippen molar-refractivity contribution in [2.24, 2.45) is 0 Å². The molecule has 0 N–H and O–H groups in total. The van der Waals surface area contributed by atoms with Gasteiger partial charge in [0.1, 0.15) is 5.69 Å². The lowest BCUT2D eigenvalue weighted by Crippen LogP contribution is -2.34. The SMILES string of the molecule is CCCn1nc(C(=O)N(CC)c2ccc(F)c(F)c2)ccc1=O. The summed E-state index contributed by atoms with van der Waals surface area (Å²) >= 11 is 0. The Morgan fingerprint density at radius 1 is 1.17 bits per heavy atom. The van der Waals surface area contributed by atoms with Gasteiger partial charge in [0.15, 0.2) is 11.6 Å². The first-order chi connectivity index (χ1) is 11.0. The summed E-state index contributed by atoms with van der Waals surface area (Å²) in [6, 6.07) is 5.85. The Morgan fingerprint density at radius 3 is 2.52 bits per heavy atom. The predicted molar refractivity (Wildman–Crippen MR) is 82.5 cm³/mol. The Bertz CT molecular complexity index is 774. The second-order valence-electron chi connectivity index (χ2n) is 4.93. The monoisotopic (exact) mass is 321 g/mol. The molecule has 0 fully saturated rings. The predicted octanol–water partition coefficient (Wildman–Crippen LogP) is 2.60. The lowest BCUT2D eigenvalue weighted by Gasteiger charge is -2.21. The maximum Gasteiger partial charge on any atom is 0.278 e. The van der Waals surface area contributed by atoms with E-state index in [2.05, 4.69) is 5.10 Å². The van der Waals surface area contributed by atoms with Gasteiger partial charge in [-0.1, -0.05) is 6.92 Å². The minimum absolute atomic E-state index is 0.0737. The number of amides is 1. The van der Waals surface area contributed by atoms with Crippen LogP contribution in [0.5, 0.6) is 0 Å². The third-order valence-electron chi connectivity index (χ3n) is 3.30. The van der Waals surface area contributed by atoms with Gasteiger partial charge in [-0.3, -0.25) is 9.59 Å². The number of hydrogen-bond acceptors (Lipinski definition) is 3. The lowest BCUT2D eigenvalue weighted by atomic mass is 10.2. The molecule has 5 nitrogen and oxygen atoms in total. The number of hydrogen-bond donors (Lipinski definition) is 0. The second kappa shape index (κ2) is 7.13. The first-order valence-corrected chi connectivity index (χ1v) is 7.33. The highest BCUT2D eigenvalue weighted by atomic mass is 19.2. The third-order valence-corrected chi connectivity index (χ3v) is 3.30. The number of halogens is 2. The van der Waals surface area contributed by atoms with Crippen LogP contribution in [0.4, 0.5) is 14.5 Å². The molecule has 0 radical (unpaired) electrons. The van der Waals surface area contributed by atoms with Crippen molar-refractivity contribution in [1.82, 2.24) is 9.78 Å². The molecule has 122 valence electrons. The fourth-order valence-corrected chi connectivity index (χ4v) is 2.17. The van der Waals surface area contributed by atoms with Crippen molar-refractivity contribution in [1.29, 1.82) is 0 Å². The second-order valence-corrected chi connectivity index (χ2v) is 4.93. The topological polar surface area (TPSA) is 55.2 Å². The van der Waals surface area contributed by atoms with Crippen molar-refractivity contribution in [2.75, 3.05) is 11.4 Å². The summed E-state index contributed by atoms with van der Waals surface area (Å²) < 4.78 is 27.6. The number of carbonyl (C=O) groups is 1. The van der Waals surface area contributed by atoms with Crippen LogP contribution < -0.4 is 10.5 Å². The minimum Gasteiger partial charge on any atom is -0.307 e. The molecule has 0 bridgehead atoms. The number of rotatable bonds is 5. The molecule has 0 saturated carbocycles. The van der Waals surface area contributed by atoms with Gasteiger partial charge in [0.05, 0.1) is 0 Å². The van der Waals surface area contributed by atoms with Crippen molar-refractivity contribution in [3.63, 3.8) is 0 Å². The highest BCUT2D eigenvalue weighted by Crippen LogP contribution is 2.19. The van der Waals surface area contributed by atoms with E-state index in [9.17, 15) is 18.4 Å². The molecule has 7 heteroatoms. The number of carbonyl (C=O) groups excluding carboxylic acids is 1. The minimum atomic E-state index is -1.03. The summed E-state index contributed by atoms with van der Waals surface area (Å²) in [6.45, 7) is 4.25. The molecule has 1 heterocycles. The average molecular weight is 321 g/mol. The molecule has 1 aromatic carbocycles. The van der Waals surface area contributed by atoms with Crippen molar-refractivity contribution < 1.29 is 13.6 Å². The van der Waals surface area contributed by atoms with Crippen LogP contribution >= 0.6 is 0 Å². The Balaban J connectivity index is 2.38. The van der Waals surface area contributed by atoms with Gasteiger partial charge in [-0.05, 0) is 31.5 Å². The summed E-state index contributed by atoms with van der Waals surface area (Å²) in [6.07, 6.45) is 0.700. The molecule has 0 saturated heterocycles. The smallest absolute Gasteiger partial charge is 0.278 e. The molecule has 0 aliphatic rings. The maximum atomic E-state index is 13.4. The van der Waals surface area contributed by atoms with Crippen molar-refractivity contribution >= 4 is 11.6 Å². The zero-order valence-corrected chi connectivity index (χ0v) is 12.9. The van der Waals surface area contributed by atoms with Gasteiger partial charge in [0.2, 0.25) is 0 Å². The quantitative estimate of drug-likeness (QED) is 0.850. The van der Waals surface area contributed by atoms with Crippen molar-refractivity contribution in [2.45, 2.75) is 26.8 Å². The van der Waals surface area contributed by atoms with Crippen LogP contribution in [0.1, 0.15) is 30.8 Å². The highest BCUT2D eigenvalue weighted by Gasteiger charge is 2.19. The van der Waals surface area contributed by atoms with Crippen LogP contribution in [0.25, 0.3) is 0 Å². The van der Waals surface area contributed by atoms with E-state index in [4.69, 9.17) is 0 Å². The first kappa shape index (κ1) is 16.8. The molecule has 0 atom stereocenters. The Kier molecular flexibility index (Phi) is 5.20. The molecule has 1 amide bonds. The summed E-state index contributed by atoms with van der Waals surface area (Å²) in [5.41, 5.74) is 0.00958. The molecule has 0 spiro atoms. The van der Waals surface area contributed by atoms with Gasteiger partial charge >= 0.3 is 0 Å². The van der Waals surface area contributed by atoms with Crippen LogP contribution in [-0.4, -0.2) is 22.2 Å². The number of anilines is 1. The van der Waals surface area contributed by atoms with E-state index in [0.717, 1.165) is 12.1 Å². The molecule has 0 unspecified atom stereocenters. The third kappa shape index (κ3) is 3.61. The molecule has 1 aromatic heterocycles. The van der Waals surface area contributed by atoms with Crippen molar-refractivity contribution in [3.8, 4) is 0 Å². The zero-order chi connectivity index (χ0) is 17.0. The summed E-state index contributed by atoms with van der Waals surface area (Å²) in [7, 11) is 0. The fraction of sp³-hybridized carbons (Fsp3) is 0.312. The van der Waals surface area contributed by atoms with Crippen LogP contribution in [-0.2, 0) is 6.54 Å². The van der Waals surface area contributed by atoms with Gasteiger partial charge < -0.3 is 4.90 Å². The largest absolute Gasteiger partial charge is 0.307 e. The maximum absolute atomic E-state index is 13.4. The zero-order valence-electron chi connectivity index (χ0n) is 12.9. The van der Waals surface area contributed by atoms with E-state index < -0.39 is 17.5 Å². The summed E-state index contributed by atoms with van der Waals surface area (Å²) in [4.78, 5) is 25.5. The number of benzene rings is 1. The fourth-order valence-electron chi connectivity index (χ4n) is 2.17. The van der Waals surface area contributed by atoms with E-state index in [-0.39, 0.29) is 23.5 Å². The number of aryl methyl sites for hydroxylation is 1. The van der Waals surface area contributed by atoms with Gasteiger partial charge in [0.25, 0.3) is 11.5 Å². The molecular formula is C16H17F2N3O2. The lowest BCUT2D eigenvalue weighted by molar-refractivity contribution is 0.0981. The van der Waals surface area contributed by atoms with Crippen LogP contribution in [0.15, 0.2) is 35.1 Å². The summed E-state index contributed by atoms with van der Waals surface area (Å²) in [5, 5.41) is 4.04. The van der Waals surface area contributed by atoms with E-state index in [1.807, 2.05) is 6.92 Å². The molecule has 23 heavy (non-hydrogen) atoms. The van der Waals surface area contributed by atoms with E-state index in [0.29, 0.717) is 13.0 Å². The van der Waals surface area contributed by atoms with E-state index in [1.54, 1.807) is 6.92 Å². The number of nitrogens with zero attached hydrogens (tertiary/aromatic N) is 3.